The molecule has 3 heteroatoms. The summed E-state index contributed by atoms with van der Waals surface area (Å²) < 4.78 is 1.03. The molecule has 2 N–H and O–H groups in total. The van der Waals surface area contributed by atoms with E-state index in [0.29, 0.717) is 5.92 Å². The minimum Gasteiger partial charge on any atom is -0.324 e. The van der Waals surface area contributed by atoms with E-state index in [2.05, 4.69) is 15.9 Å². The monoisotopic (exact) mass is 259 g/mol. The molecule has 70 valence electrons. The summed E-state index contributed by atoms with van der Waals surface area (Å²) in [5.74, 6) is 0.635. The van der Waals surface area contributed by atoms with Gasteiger partial charge in [-0.3, -0.25) is 0 Å². The third kappa shape index (κ3) is 1.90. The number of benzene rings is 1. The van der Waals surface area contributed by atoms with Crippen LogP contribution in [0.25, 0.3) is 0 Å². The maximum atomic E-state index is 6.09. The van der Waals surface area contributed by atoms with E-state index < -0.39 is 0 Å². The minimum absolute atomic E-state index is 0.100. The highest BCUT2D eigenvalue weighted by Crippen LogP contribution is 2.43. The second-order valence-electron chi connectivity index (χ2n) is 3.50. The second kappa shape index (κ2) is 3.60. The first-order valence-corrected chi connectivity index (χ1v) is 5.56. The fraction of sp³-hybridized carbons (Fsp3) is 0.400. The second-order valence-corrected chi connectivity index (χ2v) is 4.76. The van der Waals surface area contributed by atoms with Crippen molar-refractivity contribution < 1.29 is 0 Å². The van der Waals surface area contributed by atoms with Crippen molar-refractivity contribution in [3.63, 3.8) is 0 Å². The molecule has 1 aliphatic carbocycles. The van der Waals surface area contributed by atoms with Gasteiger partial charge < -0.3 is 5.73 Å². The van der Waals surface area contributed by atoms with E-state index in [9.17, 15) is 0 Å². The lowest BCUT2D eigenvalue weighted by Crippen LogP contribution is -2.13. The molecule has 0 aromatic heterocycles. The smallest absolute Gasteiger partial charge is 0.0465 e. The molecule has 1 aliphatic rings. The summed E-state index contributed by atoms with van der Waals surface area (Å²) in [6, 6.07) is 5.91. The first-order chi connectivity index (χ1) is 6.20. The van der Waals surface area contributed by atoms with Crippen LogP contribution in [-0.2, 0) is 0 Å². The van der Waals surface area contributed by atoms with E-state index in [1.54, 1.807) is 0 Å². The Morgan fingerprint density at radius 3 is 2.69 bits per heavy atom. The van der Waals surface area contributed by atoms with Gasteiger partial charge in [-0.05, 0) is 30.9 Å². The summed E-state index contributed by atoms with van der Waals surface area (Å²) >= 11 is 9.57. The highest BCUT2D eigenvalue weighted by molar-refractivity contribution is 9.10. The molecule has 0 heterocycles. The molecule has 0 radical (unpaired) electrons. The van der Waals surface area contributed by atoms with E-state index in [0.717, 1.165) is 15.1 Å². The van der Waals surface area contributed by atoms with E-state index >= 15 is 0 Å². The van der Waals surface area contributed by atoms with Crippen molar-refractivity contribution in [2.45, 2.75) is 18.9 Å². The van der Waals surface area contributed by atoms with Crippen LogP contribution >= 0.6 is 27.5 Å². The number of nitrogens with two attached hydrogens (primary N) is 1. The molecule has 1 aromatic carbocycles. The van der Waals surface area contributed by atoms with Crippen LogP contribution in [0.1, 0.15) is 24.4 Å². The van der Waals surface area contributed by atoms with Crippen molar-refractivity contribution in [1.82, 2.24) is 0 Å². The molecule has 1 aromatic rings. The van der Waals surface area contributed by atoms with Gasteiger partial charge in [-0.2, -0.15) is 0 Å². The van der Waals surface area contributed by atoms with Crippen molar-refractivity contribution in [1.29, 1.82) is 0 Å². The van der Waals surface area contributed by atoms with Crippen LogP contribution in [0.3, 0.4) is 0 Å². The highest BCUT2D eigenvalue weighted by atomic mass is 79.9. The molecule has 0 spiro atoms. The van der Waals surface area contributed by atoms with Crippen molar-refractivity contribution >= 4 is 27.5 Å². The fourth-order valence-corrected chi connectivity index (χ4v) is 2.57. The van der Waals surface area contributed by atoms with E-state index in [1.165, 1.54) is 12.8 Å². The predicted molar refractivity (Wildman–Crippen MR) is 58.8 cm³/mol. The van der Waals surface area contributed by atoms with Gasteiger partial charge in [0.25, 0.3) is 0 Å². The van der Waals surface area contributed by atoms with Crippen LogP contribution in [0.2, 0.25) is 5.02 Å². The number of rotatable bonds is 2. The Labute approximate surface area is 91.4 Å². The van der Waals surface area contributed by atoms with Gasteiger partial charge in [0.1, 0.15) is 0 Å². The van der Waals surface area contributed by atoms with E-state index in [1.807, 2.05) is 18.2 Å². The number of hydrogen-bond donors (Lipinski definition) is 1. The molecular formula is C10H11BrClN. The summed E-state index contributed by atoms with van der Waals surface area (Å²) in [6.07, 6.45) is 2.47. The van der Waals surface area contributed by atoms with Crippen LogP contribution in [-0.4, -0.2) is 0 Å². The minimum atomic E-state index is 0.100. The van der Waals surface area contributed by atoms with Crippen LogP contribution in [0.4, 0.5) is 0 Å². The lowest BCUT2D eigenvalue weighted by Gasteiger charge is -2.14. The molecule has 1 fully saturated rings. The van der Waals surface area contributed by atoms with Crippen molar-refractivity contribution in [3.05, 3.63) is 33.3 Å². The summed E-state index contributed by atoms with van der Waals surface area (Å²) in [7, 11) is 0. The van der Waals surface area contributed by atoms with Gasteiger partial charge in [-0.15, -0.1) is 0 Å². The lowest BCUT2D eigenvalue weighted by molar-refractivity contribution is 0.631. The van der Waals surface area contributed by atoms with Gasteiger partial charge in [0.15, 0.2) is 0 Å². The van der Waals surface area contributed by atoms with Crippen molar-refractivity contribution in [2.75, 3.05) is 0 Å². The van der Waals surface area contributed by atoms with Crippen LogP contribution in [0.15, 0.2) is 22.7 Å². The Morgan fingerprint density at radius 1 is 1.46 bits per heavy atom. The molecule has 1 unspecified atom stereocenters. The Morgan fingerprint density at radius 2 is 2.15 bits per heavy atom. The third-order valence-electron chi connectivity index (χ3n) is 2.46. The molecule has 0 bridgehead atoms. The van der Waals surface area contributed by atoms with Crippen molar-refractivity contribution in [3.8, 4) is 0 Å². The normalized spacial score (nSPS) is 18.7. The van der Waals surface area contributed by atoms with Gasteiger partial charge >= 0.3 is 0 Å². The Balaban J connectivity index is 2.36. The Hall–Kier alpha value is -0.0500. The van der Waals surface area contributed by atoms with Crippen LogP contribution in [0.5, 0.6) is 0 Å². The Kier molecular flexibility index (Phi) is 2.63. The molecule has 1 saturated carbocycles. The SMILES string of the molecule is NC(c1c(Cl)cccc1Br)C1CC1. The Bertz CT molecular complexity index is 302. The zero-order chi connectivity index (χ0) is 9.42. The predicted octanol–water partition coefficient (Wildman–Crippen LogP) is 3.51. The molecule has 13 heavy (non-hydrogen) atoms. The first kappa shape index (κ1) is 9.50. The van der Waals surface area contributed by atoms with Gasteiger partial charge in [0, 0.05) is 21.1 Å². The summed E-state index contributed by atoms with van der Waals surface area (Å²) in [4.78, 5) is 0. The fourth-order valence-electron chi connectivity index (χ4n) is 1.52. The summed E-state index contributed by atoms with van der Waals surface area (Å²) in [6.45, 7) is 0. The lowest BCUT2D eigenvalue weighted by atomic mass is 10.0. The summed E-state index contributed by atoms with van der Waals surface area (Å²) in [5, 5.41) is 0.772. The molecule has 1 atom stereocenters. The molecule has 2 rings (SSSR count). The summed E-state index contributed by atoms with van der Waals surface area (Å²) in [5.41, 5.74) is 7.15. The molecular weight excluding hydrogens is 249 g/mol. The topological polar surface area (TPSA) is 26.0 Å². The molecule has 0 saturated heterocycles. The van der Waals surface area contributed by atoms with Gasteiger partial charge in [0.05, 0.1) is 0 Å². The van der Waals surface area contributed by atoms with E-state index in [-0.39, 0.29) is 6.04 Å². The highest BCUT2D eigenvalue weighted by Gasteiger charge is 2.31. The quantitative estimate of drug-likeness (QED) is 0.865. The maximum absolute atomic E-state index is 6.09. The van der Waals surface area contributed by atoms with Crippen molar-refractivity contribution in [2.24, 2.45) is 11.7 Å². The molecule has 0 amide bonds. The first-order valence-electron chi connectivity index (χ1n) is 4.39. The third-order valence-corrected chi connectivity index (χ3v) is 3.48. The van der Waals surface area contributed by atoms with Crippen LogP contribution < -0.4 is 5.73 Å². The average Bonchev–Trinajstić information content (AvgIpc) is 2.85. The van der Waals surface area contributed by atoms with Crippen LogP contribution in [0, 0.1) is 5.92 Å². The van der Waals surface area contributed by atoms with Gasteiger partial charge in [-0.1, -0.05) is 33.6 Å². The average molecular weight is 261 g/mol. The van der Waals surface area contributed by atoms with E-state index in [4.69, 9.17) is 17.3 Å². The zero-order valence-electron chi connectivity index (χ0n) is 7.13. The standard InChI is InChI=1S/C10H11BrClN/c11-7-2-1-3-8(12)9(7)10(13)6-4-5-6/h1-3,6,10H,4-5,13H2. The van der Waals surface area contributed by atoms with Gasteiger partial charge in [0.2, 0.25) is 0 Å². The maximum Gasteiger partial charge on any atom is 0.0465 e. The number of hydrogen-bond acceptors (Lipinski definition) is 1. The molecule has 1 nitrogen and oxygen atoms in total. The largest absolute Gasteiger partial charge is 0.324 e. The molecule has 0 aliphatic heterocycles. The number of halogens is 2. The zero-order valence-corrected chi connectivity index (χ0v) is 9.48. The van der Waals surface area contributed by atoms with Gasteiger partial charge in [-0.25, -0.2) is 0 Å².